The van der Waals surface area contributed by atoms with E-state index >= 15 is 0 Å². The fourth-order valence-electron chi connectivity index (χ4n) is 2.29. The number of ether oxygens (including phenoxy) is 1. The molecule has 1 aromatic heterocycles. The van der Waals surface area contributed by atoms with Crippen molar-refractivity contribution in [2.75, 3.05) is 7.05 Å². The van der Waals surface area contributed by atoms with Gasteiger partial charge in [-0.3, -0.25) is 0 Å². The number of hydrogen-bond donors (Lipinski definition) is 2. The summed E-state index contributed by atoms with van der Waals surface area (Å²) >= 11 is 1.51. The molecule has 0 unspecified atom stereocenters. The molecule has 22 heavy (non-hydrogen) atoms. The number of aryl methyl sites for hydroxylation is 1. The molecule has 1 aromatic carbocycles. The van der Waals surface area contributed by atoms with E-state index in [9.17, 15) is 0 Å². The molecule has 0 saturated heterocycles. The van der Waals surface area contributed by atoms with Crippen LogP contribution in [0, 0.1) is 6.92 Å². The van der Waals surface area contributed by atoms with Gasteiger partial charge in [0.25, 0.3) is 0 Å². The number of hydrogen-bond acceptors (Lipinski definition) is 5. The van der Waals surface area contributed by atoms with Crippen LogP contribution in [0.2, 0.25) is 0 Å². The van der Waals surface area contributed by atoms with Gasteiger partial charge in [-0.25, -0.2) is 0 Å². The van der Waals surface area contributed by atoms with Crippen molar-refractivity contribution in [2.45, 2.75) is 13.5 Å². The summed E-state index contributed by atoms with van der Waals surface area (Å²) in [6.07, 6.45) is 1.96. The van der Waals surface area contributed by atoms with Crippen LogP contribution in [0.1, 0.15) is 20.9 Å². The van der Waals surface area contributed by atoms with Gasteiger partial charge in [0.05, 0.1) is 11.4 Å². The van der Waals surface area contributed by atoms with E-state index in [4.69, 9.17) is 15.7 Å². The minimum Gasteiger partial charge on any atom is -0.455 e. The molecule has 3 N–H and O–H groups in total. The molecule has 0 aliphatic carbocycles. The van der Waals surface area contributed by atoms with Crippen LogP contribution in [-0.2, 0) is 6.54 Å². The Morgan fingerprint density at radius 1 is 1.36 bits per heavy atom. The van der Waals surface area contributed by atoms with Gasteiger partial charge in [0.2, 0.25) is 0 Å². The van der Waals surface area contributed by atoms with Crippen molar-refractivity contribution in [1.82, 2.24) is 4.90 Å². The van der Waals surface area contributed by atoms with Crippen LogP contribution in [0.15, 0.2) is 41.7 Å². The second-order valence-corrected chi connectivity index (χ2v) is 6.39. The summed E-state index contributed by atoms with van der Waals surface area (Å²) in [7, 11) is 1.99. The summed E-state index contributed by atoms with van der Waals surface area (Å²) in [5, 5.41) is 11.9. The van der Waals surface area contributed by atoms with E-state index in [2.05, 4.69) is 10.1 Å². The van der Waals surface area contributed by atoms with Crippen LogP contribution >= 0.6 is 11.3 Å². The minimum atomic E-state index is 0.122. The summed E-state index contributed by atoms with van der Waals surface area (Å²) in [6, 6.07) is 9.82. The SMILES string of the molecule is Cc1ccc(OC2=CN(C)Cc3sc(C(N)=NO)cc32)cc1. The molecule has 2 aromatic rings. The average Bonchev–Trinajstić information content (AvgIpc) is 2.92. The highest BCUT2D eigenvalue weighted by atomic mass is 32.1. The number of nitrogens with zero attached hydrogens (tertiary/aromatic N) is 2. The molecule has 0 fully saturated rings. The lowest BCUT2D eigenvalue weighted by molar-refractivity contribution is 0.319. The monoisotopic (exact) mass is 315 g/mol. The van der Waals surface area contributed by atoms with Gasteiger partial charge in [0.1, 0.15) is 5.75 Å². The van der Waals surface area contributed by atoms with Crippen molar-refractivity contribution in [3.63, 3.8) is 0 Å². The van der Waals surface area contributed by atoms with E-state index in [0.717, 1.165) is 33.4 Å². The molecule has 0 amide bonds. The Kier molecular flexibility index (Phi) is 3.77. The van der Waals surface area contributed by atoms with Crippen LogP contribution in [0.4, 0.5) is 0 Å². The Hall–Kier alpha value is -2.47. The highest BCUT2D eigenvalue weighted by molar-refractivity contribution is 7.14. The molecular formula is C16H17N3O2S. The maximum atomic E-state index is 8.84. The van der Waals surface area contributed by atoms with E-state index < -0.39 is 0 Å². The molecule has 0 bridgehead atoms. The summed E-state index contributed by atoms with van der Waals surface area (Å²) in [5.41, 5.74) is 7.87. The third-order valence-corrected chi connectivity index (χ3v) is 4.56. The summed E-state index contributed by atoms with van der Waals surface area (Å²) in [5.74, 6) is 1.67. The zero-order valence-electron chi connectivity index (χ0n) is 12.4. The van der Waals surface area contributed by atoms with Gasteiger partial charge in [-0.05, 0) is 25.1 Å². The zero-order chi connectivity index (χ0) is 15.7. The Bertz CT molecular complexity index is 747. The second-order valence-electron chi connectivity index (χ2n) is 5.26. The number of benzene rings is 1. The van der Waals surface area contributed by atoms with Gasteiger partial charge < -0.3 is 20.6 Å². The van der Waals surface area contributed by atoms with Gasteiger partial charge in [-0.1, -0.05) is 22.9 Å². The topological polar surface area (TPSA) is 71.1 Å². The van der Waals surface area contributed by atoms with Crippen molar-refractivity contribution < 1.29 is 9.94 Å². The van der Waals surface area contributed by atoms with Gasteiger partial charge >= 0.3 is 0 Å². The molecule has 1 aliphatic heterocycles. The van der Waals surface area contributed by atoms with Crippen molar-refractivity contribution in [2.24, 2.45) is 10.9 Å². The van der Waals surface area contributed by atoms with Crippen LogP contribution in [0.5, 0.6) is 5.75 Å². The Morgan fingerprint density at radius 3 is 2.77 bits per heavy atom. The molecular weight excluding hydrogens is 298 g/mol. The second kappa shape index (κ2) is 5.73. The molecule has 0 saturated carbocycles. The first-order valence-corrected chi connectivity index (χ1v) is 7.66. The molecule has 6 heteroatoms. The molecule has 0 spiro atoms. The first kappa shape index (κ1) is 14.5. The maximum Gasteiger partial charge on any atom is 0.180 e. The standard InChI is InChI=1S/C16H17N3O2S/c1-10-3-5-11(6-4-10)21-13-8-19(2)9-15-12(13)7-14(22-15)16(17)18-20/h3-8,20H,9H2,1-2H3,(H2,17,18). The Balaban J connectivity index is 1.94. The number of rotatable bonds is 3. The number of oxime groups is 1. The van der Waals surface area contributed by atoms with Crippen molar-refractivity contribution >= 4 is 22.9 Å². The van der Waals surface area contributed by atoms with Crippen molar-refractivity contribution in [3.8, 4) is 5.75 Å². The minimum absolute atomic E-state index is 0.122. The van der Waals surface area contributed by atoms with Crippen LogP contribution in [0.3, 0.4) is 0 Å². The van der Waals surface area contributed by atoms with Gasteiger partial charge in [0, 0.05) is 23.7 Å². The van der Waals surface area contributed by atoms with E-state index in [1.54, 1.807) is 0 Å². The average molecular weight is 315 g/mol. The van der Waals surface area contributed by atoms with Crippen LogP contribution < -0.4 is 10.5 Å². The molecule has 5 nitrogen and oxygen atoms in total. The first-order valence-electron chi connectivity index (χ1n) is 6.84. The molecule has 3 rings (SSSR count). The fourth-order valence-corrected chi connectivity index (χ4v) is 3.41. The molecule has 114 valence electrons. The van der Waals surface area contributed by atoms with Crippen LogP contribution in [-0.4, -0.2) is 23.0 Å². The highest BCUT2D eigenvalue weighted by Gasteiger charge is 2.22. The van der Waals surface area contributed by atoms with Crippen molar-refractivity contribution in [3.05, 3.63) is 57.4 Å². The quantitative estimate of drug-likeness (QED) is 0.395. The molecule has 0 atom stereocenters. The summed E-state index contributed by atoms with van der Waals surface area (Å²) < 4.78 is 6.02. The smallest absolute Gasteiger partial charge is 0.180 e. The third-order valence-electron chi connectivity index (χ3n) is 3.41. The Labute approximate surface area is 132 Å². The summed E-state index contributed by atoms with van der Waals surface area (Å²) in [6.45, 7) is 2.82. The number of nitrogens with two attached hydrogens (primary N) is 1. The lowest BCUT2D eigenvalue weighted by atomic mass is 10.1. The van der Waals surface area contributed by atoms with E-state index in [1.807, 2.05) is 50.5 Å². The van der Waals surface area contributed by atoms with Crippen LogP contribution in [0.25, 0.3) is 5.76 Å². The summed E-state index contributed by atoms with van der Waals surface area (Å²) in [4.78, 5) is 3.92. The number of fused-ring (bicyclic) bond motifs is 1. The molecule has 1 aliphatic rings. The zero-order valence-corrected chi connectivity index (χ0v) is 13.2. The lowest BCUT2D eigenvalue weighted by Gasteiger charge is -2.22. The van der Waals surface area contributed by atoms with E-state index in [-0.39, 0.29) is 5.84 Å². The Morgan fingerprint density at radius 2 is 2.09 bits per heavy atom. The third kappa shape index (κ3) is 2.78. The van der Waals surface area contributed by atoms with E-state index in [1.165, 1.54) is 16.9 Å². The normalized spacial score (nSPS) is 14.5. The first-order chi connectivity index (χ1) is 10.6. The van der Waals surface area contributed by atoms with Gasteiger partial charge in [-0.15, -0.1) is 11.3 Å². The van der Waals surface area contributed by atoms with Gasteiger partial charge in [-0.2, -0.15) is 0 Å². The van der Waals surface area contributed by atoms with Crippen molar-refractivity contribution in [1.29, 1.82) is 0 Å². The predicted molar refractivity (Wildman–Crippen MR) is 88.1 cm³/mol. The maximum absolute atomic E-state index is 8.84. The highest BCUT2D eigenvalue weighted by Crippen LogP contribution is 2.34. The predicted octanol–water partition coefficient (Wildman–Crippen LogP) is 2.97. The fraction of sp³-hybridized carbons (Fsp3) is 0.188. The number of thiophene rings is 1. The number of amidine groups is 1. The van der Waals surface area contributed by atoms with E-state index in [0.29, 0.717) is 0 Å². The largest absolute Gasteiger partial charge is 0.455 e. The lowest BCUT2D eigenvalue weighted by Crippen LogP contribution is -2.17. The van der Waals surface area contributed by atoms with Gasteiger partial charge in [0.15, 0.2) is 11.6 Å². The molecule has 0 radical (unpaired) electrons. The molecule has 2 heterocycles.